The van der Waals surface area contributed by atoms with Crippen LogP contribution in [0.1, 0.15) is 26.2 Å². The van der Waals surface area contributed by atoms with E-state index in [1.54, 1.807) is 6.20 Å². The zero-order valence-electron chi connectivity index (χ0n) is 9.32. The van der Waals surface area contributed by atoms with E-state index in [4.69, 9.17) is 5.73 Å². The van der Waals surface area contributed by atoms with E-state index >= 15 is 0 Å². The van der Waals surface area contributed by atoms with Crippen molar-refractivity contribution in [3.63, 3.8) is 0 Å². The molecule has 1 aliphatic rings. The van der Waals surface area contributed by atoms with Crippen molar-refractivity contribution in [2.75, 3.05) is 23.7 Å². The van der Waals surface area contributed by atoms with Crippen LogP contribution in [-0.2, 0) is 0 Å². The van der Waals surface area contributed by atoms with E-state index < -0.39 is 0 Å². The molecule has 0 amide bonds. The molecular weight excluding hydrogens is 186 g/mol. The van der Waals surface area contributed by atoms with Crippen LogP contribution in [0.2, 0.25) is 0 Å². The van der Waals surface area contributed by atoms with Gasteiger partial charge in [-0.2, -0.15) is 0 Å². The SMILES string of the molecule is CC1CCCN(c2ccnc(N)c2)CC1. The fraction of sp³-hybridized carbons (Fsp3) is 0.583. The predicted molar refractivity (Wildman–Crippen MR) is 63.9 cm³/mol. The molecule has 0 saturated carbocycles. The number of pyridine rings is 1. The third-order valence-corrected chi connectivity index (χ3v) is 3.15. The highest BCUT2D eigenvalue weighted by Crippen LogP contribution is 2.22. The molecule has 0 spiro atoms. The summed E-state index contributed by atoms with van der Waals surface area (Å²) in [5.41, 5.74) is 6.91. The molecule has 0 bridgehead atoms. The topological polar surface area (TPSA) is 42.2 Å². The predicted octanol–water partition coefficient (Wildman–Crippen LogP) is 2.29. The van der Waals surface area contributed by atoms with Gasteiger partial charge < -0.3 is 10.6 Å². The molecule has 15 heavy (non-hydrogen) atoms. The van der Waals surface area contributed by atoms with Gasteiger partial charge >= 0.3 is 0 Å². The maximum atomic E-state index is 5.69. The lowest BCUT2D eigenvalue weighted by atomic mass is 10.0. The van der Waals surface area contributed by atoms with Crippen molar-refractivity contribution >= 4 is 11.5 Å². The van der Waals surface area contributed by atoms with E-state index in [0.29, 0.717) is 5.82 Å². The standard InChI is InChI=1S/C12H19N3/c1-10-3-2-7-15(8-5-10)11-4-6-14-12(13)9-11/h4,6,9-10H,2-3,5,7-8H2,1H3,(H2,13,14). The van der Waals surface area contributed by atoms with Crippen molar-refractivity contribution in [3.05, 3.63) is 18.3 Å². The van der Waals surface area contributed by atoms with E-state index in [1.807, 2.05) is 12.1 Å². The van der Waals surface area contributed by atoms with Gasteiger partial charge in [0, 0.05) is 31.0 Å². The maximum absolute atomic E-state index is 5.69. The van der Waals surface area contributed by atoms with Crippen LogP contribution in [0.5, 0.6) is 0 Å². The number of nitrogens with zero attached hydrogens (tertiary/aromatic N) is 2. The molecule has 0 aliphatic carbocycles. The van der Waals surface area contributed by atoms with Crippen molar-refractivity contribution in [2.45, 2.75) is 26.2 Å². The molecule has 0 aromatic carbocycles. The van der Waals surface area contributed by atoms with Crippen molar-refractivity contribution < 1.29 is 0 Å². The van der Waals surface area contributed by atoms with Crippen LogP contribution in [0.3, 0.4) is 0 Å². The number of aromatic nitrogens is 1. The van der Waals surface area contributed by atoms with Crippen LogP contribution in [0.4, 0.5) is 11.5 Å². The second-order valence-corrected chi connectivity index (χ2v) is 4.46. The molecule has 1 atom stereocenters. The first-order chi connectivity index (χ1) is 7.25. The van der Waals surface area contributed by atoms with Gasteiger partial charge in [0.05, 0.1) is 0 Å². The first-order valence-corrected chi connectivity index (χ1v) is 5.72. The zero-order chi connectivity index (χ0) is 10.7. The molecule has 0 radical (unpaired) electrons. The van der Waals surface area contributed by atoms with Crippen LogP contribution in [0.15, 0.2) is 18.3 Å². The normalized spacial score (nSPS) is 22.5. The Kier molecular flexibility index (Phi) is 3.09. The van der Waals surface area contributed by atoms with E-state index in [1.165, 1.54) is 24.9 Å². The van der Waals surface area contributed by atoms with Crippen LogP contribution in [0.25, 0.3) is 0 Å². The highest BCUT2D eigenvalue weighted by Gasteiger charge is 2.14. The van der Waals surface area contributed by atoms with Gasteiger partial charge in [0.15, 0.2) is 0 Å². The van der Waals surface area contributed by atoms with Crippen LogP contribution in [0, 0.1) is 5.92 Å². The molecular formula is C12H19N3. The van der Waals surface area contributed by atoms with Crippen molar-refractivity contribution in [3.8, 4) is 0 Å². The van der Waals surface area contributed by atoms with Crippen molar-refractivity contribution in [2.24, 2.45) is 5.92 Å². The summed E-state index contributed by atoms with van der Waals surface area (Å²) in [7, 11) is 0. The third kappa shape index (κ3) is 2.61. The van der Waals surface area contributed by atoms with Crippen LogP contribution >= 0.6 is 0 Å². The van der Waals surface area contributed by atoms with Gasteiger partial charge in [-0.15, -0.1) is 0 Å². The maximum Gasteiger partial charge on any atom is 0.125 e. The first-order valence-electron chi connectivity index (χ1n) is 5.72. The van der Waals surface area contributed by atoms with Crippen LogP contribution in [-0.4, -0.2) is 18.1 Å². The highest BCUT2D eigenvalue weighted by molar-refractivity contribution is 5.52. The molecule has 2 N–H and O–H groups in total. The number of anilines is 2. The Morgan fingerprint density at radius 1 is 1.40 bits per heavy atom. The molecule has 3 heteroatoms. The Bertz CT molecular complexity index is 324. The molecule has 1 saturated heterocycles. The molecule has 1 aromatic heterocycles. The monoisotopic (exact) mass is 205 g/mol. The molecule has 2 heterocycles. The fourth-order valence-electron chi connectivity index (χ4n) is 2.15. The first kappa shape index (κ1) is 10.3. The second kappa shape index (κ2) is 4.51. The Morgan fingerprint density at radius 3 is 3.07 bits per heavy atom. The number of hydrogen-bond acceptors (Lipinski definition) is 3. The number of nitrogens with two attached hydrogens (primary N) is 1. The van der Waals surface area contributed by atoms with Crippen molar-refractivity contribution in [1.29, 1.82) is 0 Å². The molecule has 1 fully saturated rings. The van der Waals surface area contributed by atoms with Gasteiger partial charge in [0.25, 0.3) is 0 Å². The Balaban J connectivity index is 2.09. The van der Waals surface area contributed by atoms with Gasteiger partial charge in [-0.25, -0.2) is 4.98 Å². The lowest BCUT2D eigenvalue weighted by molar-refractivity contribution is 0.521. The highest BCUT2D eigenvalue weighted by atomic mass is 15.1. The number of hydrogen-bond donors (Lipinski definition) is 1. The molecule has 1 aliphatic heterocycles. The van der Waals surface area contributed by atoms with Gasteiger partial charge in [-0.1, -0.05) is 6.92 Å². The summed E-state index contributed by atoms with van der Waals surface area (Å²) in [6.45, 7) is 4.63. The minimum atomic E-state index is 0.616. The second-order valence-electron chi connectivity index (χ2n) is 4.46. The summed E-state index contributed by atoms with van der Waals surface area (Å²) in [6, 6.07) is 4.02. The minimum Gasteiger partial charge on any atom is -0.384 e. The molecule has 1 aromatic rings. The fourth-order valence-corrected chi connectivity index (χ4v) is 2.15. The molecule has 3 nitrogen and oxygen atoms in total. The van der Waals surface area contributed by atoms with Gasteiger partial charge in [0.2, 0.25) is 0 Å². The lowest BCUT2D eigenvalue weighted by Gasteiger charge is -2.22. The Morgan fingerprint density at radius 2 is 2.27 bits per heavy atom. The average molecular weight is 205 g/mol. The van der Waals surface area contributed by atoms with E-state index in [-0.39, 0.29) is 0 Å². The van der Waals surface area contributed by atoms with Crippen molar-refractivity contribution in [1.82, 2.24) is 4.98 Å². The van der Waals surface area contributed by atoms with E-state index in [0.717, 1.165) is 19.0 Å². The average Bonchev–Trinajstić information content (AvgIpc) is 2.43. The summed E-state index contributed by atoms with van der Waals surface area (Å²) >= 11 is 0. The minimum absolute atomic E-state index is 0.616. The molecule has 1 unspecified atom stereocenters. The van der Waals surface area contributed by atoms with Gasteiger partial charge in [-0.05, 0) is 31.2 Å². The third-order valence-electron chi connectivity index (χ3n) is 3.15. The summed E-state index contributed by atoms with van der Waals surface area (Å²) in [6.07, 6.45) is 5.70. The number of rotatable bonds is 1. The van der Waals surface area contributed by atoms with E-state index in [9.17, 15) is 0 Å². The van der Waals surface area contributed by atoms with Crippen LogP contribution < -0.4 is 10.6 Å². The van der Waals surface area contributed by atoms with Gasteiger partial charge in [0.1, 0.15) is 5.82 Å². The zero-order valence-corrected chi connectivity index (χ0v) is 9.32. The molecule has 82 valence electrons. The molecule has 2 rings (SSSR count). The summed E-state index contributed by atoms with van der Waals surface area (Å²) in [4.78, 5) is 6.44. The Labute approximate surface area is 91.3 Å². The quantitative estimate of drug-likeness (QED) is 0.765. The summed E-state index contributed by atoms with van der Waals surface area (Å²) < 4.78 is 0. The summed E-state index contributed by atoms with van der Waals surface area (Å²) in [5.74, 6) is 1.47. The smallest absolute Gasteiger partial charge is 0.125 e. The number of nitrogen functional groups attached to an aromatic ring is 1. The lowest BCUT2D eigenvalue weighted by Crippen LogP contribution is -2.24. The van der Waals surface area contributed by atoms with Gasteiger partial charge in [-0.3, -0.25) is 0 Å². The summed E-state index contributed by atoms with van der Waals surface area (Å²) in [5, 5.41) is 0. The largest absolute Gasteiger partial charge is 0.384 e. The Hall–Kier alpha value is -1.25. The van der Waals surface area contributed by atoms with E-state index in [2.05, 4.69) is 16.8 Å².